The van der Waals surface area contributed by atoms with Crippen molar-refractivity contribution in [2.75, 3.05) is 6.54 Å². The normalized spacial score (nSPS) is 17.1. The predicted molar refractivity (Wildman–Crippen MR) is 85.4 cm³/mol. The molecule has 0 bridgehead atoms. The zero-order valence-electron chi connectivity index (χ0n) is 11.7. The molecule has 2 rings (SSSR count). The lowest BCUT2D eigenvalue weighted by Crippen LogP contribution is -2.40. The average molecular weight is 320 g/mol. The molecule has 0 N–H and O–H groups in total. The van der Waals surface area contributed by atoms with Crippen molar-refractivity contribution in [3.8, 4) is 0 Å². The van der Waals surface area contributed by atoms with Crippen LogP contribution in [0, 0.1) is 0 Å². The van der Waals surface area contributed by atoms with Gasteiger partial charge in [-0.25, -0.2) is 0 Å². The Morgan fingerprint density at radius 1 is 1.38 bits per heavy atom. The van der Waals surface area contributed by atoms with Crippen LogP contribution in [0.25, 0.3) is 6.08 Å². The molecule has 0 atom stereocenters. The molecular formula is C15H14NO3S2-. The van der Waals surface area contributed by atoms with Gasteiger partial charge in [0.1, 0.15) is 4.32 Å². The smallest absolute Gasteiger partial charge is 0.266 e. The van der Waals surface area contributed by atoms with Gasteiger partial charge >= 0.3 is 0 Å². The maximum Gasteiger partial charge on any atom is 0.266 e. The van der Waals surface area contributed by atoms with E-state index in [1.165, 1.54) is 5.56 Å². The zero-order chi connectivity index (χ0) is 15.6. The summed E-state index contributed by atoms with van der Waals surface area (Å²) in [5, 5.41) is 10.6. The molecule has 1 aliphatic rings. The fourth-order valence-corrected chi connectivity index (χ4v) is 3.15. The molecular weight excluding hydrogens is 306 g/mol. The molecule has 110 valence electrons. The lowest BCUT2D eigenvalue weighted by Gasteiger charge is -2.14. The van der Waals surface area contributed by atoms with Gasteiger partial charge in [-0.3, -0.25) is 9.69 Å². The second kappa shape index (κ2) is 6.41. The fourth-order valence-electron chi connectivity index (χ4n) is 1.89. The van der Waals surface area contributed by atoms with E-state index in [1.807, 2.05) is 24.3 Å². The van der Waals surface area contributed by atoms with Crippen molar-refractivity contribution in [2.45, 2.75) is 19.8 Å². The molecule has 1 aromatic carbocycles. The Morgan fingerprint density at radius 3 is 2.52 bits per heavy atom. The quantitative estimate of drug-likeness (QED) is 0.625. The minimum Gasteiger partial charge on any atom is -0.548 e. The van der Waals surface area contributed by atoms with Crippen LogP contribution < -0.4 is 5.11 Å². The van der Waals surface area contributed by atoms with Crippen LogP contribution in [0.2, 0.25) is 0 Å². The molecule has 1 aromatic rings. The Kier molecular flexibility index (Phi) is 4.80. The molecule has 6 heteroatoms. The topological polar surface area (TPSA) is 60.4 Å². The van der Waals surface area contributed by atoms with Crippen LogP contribution in [0.1, 0.15) is 30.9 Å². The highest BCUT2D eigenvalue weighted by molar-refractivity contribution is 8.26. The van der Waals surface area contributed by atoms with E-state index in [0.717, 1.165) is 22.2 Å². The number of thioether (sulfide) groups is 1. The van der Waals surface area contributed by atoms with Crippen LogP contribution in [0.15, 0.2) is 29.2 Å². The molecule has 1 amide bonds. The van der Waals surface area contributed by atoms with Gasteiger partial charge in [-0.1, -0.05) is 62.1 Å². The highest BCUT2D eigenvalue weighted by atomic mass is 32.2. The van der Waals surface area contributed by atoms with E-state index >= 15 is 0 Å². The average Bonchev–Trinajstić information content (AvgIpc) is 2.67. The molecule has 0 aliphatic carbocycles. The monoisotopic (exact) mass is 320 g/mol. The number of nitrogens with zero attached hydrogens (tertiary/aromatic N) is 1. The summed E-state index contributed by atoms with van der Waals surface area (Å²) in [6.45, 7) is 3.72. The van der Waals surface area contributed by atoms with Crippen molar-refractivity contribution < 1.29 is 14.7 Å². The Balaban J connectivity index is 2.20. The summed E-state index contributed by atoms with van der Waals surface area (Å²) < 4.78 is 0.245. The first kappa shape index (κ1) is 15.7. The molecule has 0 radical (unpaired) electrons. The zero-order valence-corrected chi connectivity index (χ0v) is 13.3. The number of carboxylic acids is 1. The number of carbonyl (C=O) groups excluding carboxylic acids is 2. The molecule has 0 aromatic heterocycles. The predicted octanol–water partition coefficient (Wildman–Crippen LogP) is 1.76. The molecule has 0 unspecified atom stereocenters. The summed E-state index contributed by atoms with van der Waals surface area (Å²) in [5.74, 6) is -1.27. The second-order valence-electron chi connectivity index (χ2n) is 4.96. The van der Waals surface area contributed by atoms with Crippen LogP contribution in [-0.4, -0.2) is 27.6 Å². The van der Waals surface area contributed by atoms with Gasteiger partial charge in [-0.2, -0.15) is 0 Å². The van der Waals surface area contributed by atoms with E-state index in [4.69, 9.17) is 12.2 Å². The van der Waals surface area contributed by atoms with E-state index in [-0.39, 0.29) is 10.2 Å². The van der Waals surface area contributed by atoms with Crippen molar-refractivity contribution in [3.63, 3.8) is 0 Å². The Hall–Kier alpha value is -1.66. The Bertz CT molecular complexity index is 620. The number of hydrogen-bond acceptors (Lipinski definition) is 5. The number of carboxylic acid groups (broad SMARTS) is 1. The summed E-state index contributed by atoms with van der Waals surface area (Å²) >= 11 is 6.13. The lowest BCUT2D eigenvalue weighted by atomic mass is 10.0. The maximum atomic E-state index is 12.1. The van der Waals surface area contributed by atoms with Crippen LogP contribution >= 0.6 is 24.0 Å². The van der Waals surface area contributed by atoms with Crippen molar-refractivity contribution in [3.05, 3.63) is 40.3 Å². The number of hydrogen-bond donors (Lipinski definition) is 0. The van der Waals surface area contributed by atoms with E-state index in [9.17, 15) is 14.7 Å². The van der Waals surface area contributed by atoms with E-state index in [0.29, 0.717) is 10.8 Å². The van der Waals surface area contributed by atoms with Crippen molar-refractivity contribution >= 4 is 46.3 Å². The number of aliphatic carboxylic acids is 1. The lowest BCUT2D eigenvalue weighted by molar-refractivity contribution is -0.305. The number of benzene rings is 1. The van der Waals surface area contributed by atoms with Gasteiger partial charge in [0.25, 0.3) is 5.91 Å². The van der Waals surface area contributed by atoms with Crippen LogP contribution in [0.3, 0.4) is 0 Å². The number of amides is 1. The number of rotatable bonds is 4. The van der Waals surface area contributed by atoms with Crippen molar-refractivity contribution in [2.24, 2.45) is 0 Å². The fraction of sp³-hybridized carbons (Fsp3) is 0.267. The van der Waals surface area contributed by atoms with Gasteiger partial charge in [0.05, 0.1) is 17.4 Å². The van der Waals surface area contributed by atoms with E-state index in [2.05, 4.69) is 13.8 Å². The molecule has 0 saturated carbocycles. The molecule has 1 aliphatic heterocycles. The summed E-state index contributed by atoms with van der Waals surface area (Å²) in [6, 6.07) is 7.89. The largest absolute Gasteiger partial charge is 0.548 e. The van der Waals surface area contributed by atoms with Gasteiger partial charge in [0, 0.05) is 0 Å². The van der Waals surface area contributed by atoms with Crippen LogP contribution in [-0.2, 0) is 9.59 Å². The third kappa shape index (κ3) is 3.71. The van der Waals surface area contributed by atoms with Gasteiger partial charge < -0.3 is 9.90 Å². The molecule has 0 spiro atoms. The summed E-state index contributed by atoms with van der Waals surface area (Å²) in [5.41, 5.74) is 2.10. The van der Waals surface area contributed by atoms with Gasteiger partial charge in [0.2, 0.25) is 0 Å². The first-order chi connectivity index (χ1) is 9.88. The Morgan fingerprint density at radius 2 is 2.00 bits per heavy atom. The maximum absolute atomic E-state index is 12.1. The second-order valence-corrected chi connectivity index (χ2v) is 6.64. The van der Waals surface area contributed by atoms with Gasteiger partial charge in [-0.15, -0.1) is 0 Å². The highest BCUT2D eigenvalue weighted by Gasteiger charge is 2.31. The summed E-state index contributed by atoms with van der Waals surface area (Å²) in [4.78, 5) is 24.2. The summed E-state index contributed by atoms with van der Waals surface area (Å²) in [7, 11) is 0. The third-order valence-corrected chi connectivity index (χ3v) is 4.44. The number of thiocarbonyl (C=S) groups is 1. The molecule has 1 saturated heterocycles. The third-order valence-electron chi connectivity index (χ3n) is 3.06. The summed E-state index contributed by atoms with van der Waals surface area (Å²) in [6.07, 6.45) is 1.72. The minimum absolute atomic E-state index is 0.245. The molecule has 1 fully saturated rings. The van der Waals surface area contributed by atoms with E-state index < -0.39 is 12.5 Å². The van der Waals surface area contributed by atoms with Gasteiger partial charge in [-0.05, 0) is 23.1 Å². The van der Waals surface area contributed by atoms with Crippen LogP contribution in [0.5, 0.6) is 0 Å². The van der Waals surface area contributed by atoms with Crippen molar-refractivity contribution in [1.29, 1.82) is 0 Å². The molecule has 1 heterocycles. The van der Waals surface area contributed by atoms with E-state index in [1.54, 1.807) is 6.08 Å². The van der Waals surface area contributed by atoms with Gasteiger partial charge in [0.15, 0.2) is 0 Å². The van der Waals surface area contributed by atoms with Crippen molar-refractivity contribution in [1.82, 2.24) is 4.90 Å². The molecule has 21 heavy (non-hydrogen) atoms. The van der Waals surface area contributed by atoms with Crippen LogP contribution in [0.4, 0.5) is 0 Å². The SMILES string of the molecule is CC(C)c1ccc(/C=C2/SC(=S)N(CC(=O)[O-])C2=O)cc1. The first-order valence-electron chi connectivity index (χ1n) is 6.43. The molecule has 4 nitrogen and oxygen atoms in total. The standard InChI is InChI=1S/C15H15NO3S2/c1-9(2)11-5-3-10(4-6-11)7-12-14(19)16(8-13(17)18)15(20)21-12/h3-7,9H,8H2,1-2H3,(H,17,18)/p-1/b12-7+. The minimum atomic E-state index is -1.33. The first-order valence-corrected chi connectivity index (χ1v) is 7.66. The number of carbonyl (C=O) groups is 2. The Labute approximate surface area is 132 Å². The highest BCUT2D eigenvalue weighted by Crippen LogP contribution is 2.32.